The predicted octanol–water partition coefficient (Wildman–Crippen LogP) is 2.91. The maximum Gasteiger partial charge on any atom is 0.209 e. The number of fused-ring (bicyclic) bond motifs is 1. The molecule has 0 amide bonds. The topological polar surface area (TPSA) is 39.4 Å². The van der Waals surface area contributed by atoms with Gasteiger partial charge in [-0.15, -0.1) is 0 Å². The minimum Gasteiger partial charge on any atom is -0.492 e. The third kappa shape index (κ3) is 1.26. The van der Waals surface area contributed by atoms with Gasteiger partial charge in [0.05, 0.1) is 12.5 Å². The Morgan fingerprint density at radius 3 is 2.93 bits per heavy atom. The van der Waals surface area contributed by atoms with Gasteiger partial charge in [-0.1, -0.05) is 11.6 Å². The Bertz CT molecular complexity index is 487. The number of ether oxygens (including phenoxy) is 1. The Balaban J connectivity index is 2.81. The van der Waals surface area contributed by atoms with E-state index >= 15 is 0 Å². The van der Waals surface area contributed by atoms with E-state index in [0.717, 1.165) is 0 Å². The molecule has 1 aromatic heterocycles. The van der Waals surface area contributed by atoms with Crippen molar-refractivity contribution in [3.63, 3.8) is 0 Å². The molecular formula is C10H7ClO3. The van der Waals surface area contributed by atoms with Gasteiger partial charge in [0.2, 0.25) is 5.76 Å². The molecule has 1 heterocycles. The van der Waals surface area contributed by atoms with Crippen molar-refractivity contribution in [3.8, 4) is 5.75 Å². The van der Waals surface area contributed by atoms with Crippen molar-refractivity contribution in [1.82, 2.24) is 0 Å². The number of halogens is 1. The van der Waals surface area contributed by atoms with Gasteiger partial charge in [0, 0.05) is 5.02 Å². The first kappa shape index (κ1) is 9.09. The highest BCUT2D eigenvalue weighted by Crippen LogP contribution is 2.33. The highest BCUT2D eigenvalue weighted by Gasteiger charge is 2.13. The number of benzene rings is 1. The van der Waals surface area contributed by atoms with E-state index in [0.29, 0.717) is 28.0 Å². The van der Waals surface area contributed by atoms with Crippen LogP contribution in [0, 0.1) is 0 Å². The normalized spacial score (nSPS) is 10.4. The van der Waals surface area contributed by atoms with Crippen molar-refractivity contribution in [2.75, 3.05) is 7.11 Å². The minimum atomic E-state index is 0.185. The number of carbonyl (C=O) groups excluding carboxylic acids is 1. The van der Waals surface area contributed by atoms with E-state index in [9.17, 15) is 4.79 Å². The molecule has 0 fully saturated rings. The Kier molecular flexibility index (Phi) is 2.17. The molecule has 14 heavy (non-hydrogen) atoms. The minimum absolute atomic E-state index is 0.185. The van der Waals surface area contributed by atoms with E-state index in [4.69, 9.17) is 20.8 Å². The molecule has 0 spiro atoms. The first-order valence-corrected chi connectivity index (χ1v) is 4.35. The lowest BCUT2D eigenvalue weighted by atomic mass is 10.2. The zero-order valence-corrected chi connectivity index (χ0v) is 8.17. The van der Waals surface area contributed by atoms with Crippen LogP contribution in [0.25, 0.3) is 11.0 Å². The SMILES string of the molecule is COc1c(C=O)oc2ccc(Cl)cc12. The molecule has 4 heteroatoms. The lowest BCUT2D eigenvalue weighted by molar-refractivity contribution is 0.109. The summed E-state index contributed by atoms with van der Waals surface area (Å²) in [6.07, 6.45) is 0.618. The van der Waals surface area contributed by atoms with Gasteiger partial charge >= 0.3 is 0 Å². The van der Waals surface area contributed by atoms with E-state index in [2.05, 4.69) is 0 Å². The summed E-state index contributed by atoms with van der Waals surface area (Å²) in [4.78, 5) is 10.6. The lowest BCUT2D eigenvalue weighted by Crippen LogP contribution is -1.84. The van der Waals surface area contributed by atoms with Crippen LogP contribution >= 0.6 is 11.6 Å². The van der Waals surface area contributed by atoms with E-state index < -0.39 is 0 Å². The summed E-state index contributed by atoms with van der Waals surface area (Å²) in [6, 6.07) is 5.10. The van der Waals surface area contributed by atoms with E-state index in [1.165, 1.54) is 7.11 Å². The number of aldehydes is 1. The maximum absolute atomic E-state index is 10.6. The molecule has 0 aliphatic rings. The summed E-state index contributed by atoms with van der Waals surface area (Å²) < 4.78 is 10.3. The molecule has 0 radical (unpaired) electrons. The van der Waals surface area contributed by atoms with Crippen LogP contribution in [0.15, 0.2) is 22.6 Å². The maximum atomic E-state index is 10.6. The number of methoxy groups -OCH3 is 1. The zero-order valence-electron chi connectivity index (χ0n) is 7.41. The summed E-state index contributed by atoms with van der Waals surface area (Å²) in [7, 11) is 1.48. The number of rotatable bonds is 2. The number of hydrogen-bond acceptors (Lipinski definition) is 3. The zero-order chi connectivity index (χ0) is 10.1. The van der Waals surface area contributed by atoms with Gasteiger partial charge < -0.3 is 9.15 Å². The molecule has 2 aromatic rings. The van der Waals surface area contributed by atoms with Crippen LogP contribution in [0.1, 0.15) is 10.6 Å². The fraction of sp³-hybridized carbons (Fsp3) is 0.100. The van der Waals surface area contributed by atoms with Crippen molar-refractivity contribution >= 4 is 28.9 Å². The third-order valence-corrected chi connectivity index (χ3v) is 2.18. The molecule has 72 valence electrons. The van der Waals surface area contributed by atoms with Gasteiger partial charge in [-0.25, -0.2) is 0 Å². The van der Waals surface area contributed by atoms with Crippen LogP contribution in [0.5, 0.6) is 5.75 Å². The first-order valence-electron chi connectivity index (χ1n) is 3.97. The van der Waals surface area contributed by atoms with Crippen LogP contribution < -0.4 is 4.74 Å². The van der Waals surface area contributed by atoms with Crippen LogP contribution in [0.4, 0.5) is 0 Å². The molecule has 3 nitrogen and oxygen atoms in total. The van der Waals surface area contributed by atoms with Crippen LogP contribution in [-0.2, 0) is 0 Å². The van der Waals surface area contributed by atoms with Gasteiger partial charge in [0.25, 0.3) is 0 Å². The summed E-state index contributed by atoms with van der Waals surface area (Å²) in [5.41, 5.74) is 0.591. The Hall–Kier alpha value is -1.48. The highest BCUT2D eigenvalue weighted by molar-refractivity contribution is 6.31. The second-order valence-electron chi connectivity index (χ2n) is 2.76. The average Bonchev–Trinajstić information content (AvgIpc) is 2.54. The Morgan fingerprint density at radius 2 is 2.29 bits per heavy atom. The lowest BCUT2D eigenvalue weighted by Gasteiger charge is -1.95. The average molecular weight is 211 g/mol. The molecule has 0 bridgehead atoms. The van der Waals surface area contributed by atoms with Crippen molar-refractivity contribution in [2.24, 2.45) is 0 Å². The largest absolute Gasteiger partial charge is 0.492 e. The molecule has 0 saturated carbocycles. The van der Waals surface area contributed by atoms with Crippen molar-refractivity contribution in [1.29, 1.82) is 0 Å². The summed E-state index contributed by atoms with van der Waals surface area (Å²) in [5.74, 6) is 0.613. The number of hydrogen-bond donors (Lipinski definition) is 0. The molecule has 0 saturated heterocycles. The van der Waals surface area contributed by atoms with Gasteiger partial charge in [-0.2, -0.15) is 0 Å². The molecule has 2 rings (SSSR count). The van der Waals surface area contributed by atoms with Crippen molar-refractivity contribution < 1.29 is 13.9 Å². The Morgan fingerprint density at radius 1 is 1.50 bits per heavy atom. The van der Waals surface area contributed by atoms with E-state index in [-0.39, 0.29) is 5.76 Å². The van der Waals surface area contributed by atoms with Crippen LogP contribution in [0.2, 0.25) is 5.02 Å². The molecule has 1 aromatic carbocycles. The second-order valence-corrected chi connectivity index (χ2v) is 3.19. The molecule has 0 N–H and O–H groups in total. The second kappa shape index (κ2) is 3.35. The van der Waals surface area contributed by atoms with Gasteiger partial charge in [0.1, 0.15) is 5.58 Å². The monoisotopic (exact) mass is 210 g/mol. The molecule has 0 aliphatic heterocycles. The summed E-state index contributed by atoms with van der Waals surface area (Å²) >= 11 is 5.81. The first-order chi connectivity index (χ1) is 6.76. The smallest absolute Gasteiger partial charge is 0.209 e. The highest BCUT2D eigenvalue weighted by atomic mass is 35.5. The summed E-state index contributed by atoms with van der Waals surface area (Å²) in [6.45, 7) is 0. The standard InChI is InChI=1S/C10H7ClO3/c1-13-10-7-4-6(11)2-3-8(7)14-9(10)5-12/h2-5H,1H3. The predicted molar refractivity (Wildman–Crippen MR) is 53.2 cm³/mol. The van der Waals surface area contributed by atoms with Crippen LogP contribution in [-0.4, -0.2) is 13.4 Å². The van der Waals surface area contributed by atoms with E-state index in [1.54, 1.807) is 18.2 Å². The van der Waals surface area contributed by atoms with Gasteiger partial charge in [-0.05, 0) is 18.2 Å². The summed E-state index contributed by atoms with van der Waals surface area (Å²) in [5, 5.41) is 1.29. The quantitative estimate of drug-likeness (QED) is 0.716. The Labute approximate surface area is 85.2 Å². The third-order valence-electron chi connectivity index (χ3n) is 1.94. The van der Waals surface area contributed by atoms with Gasteiger partial charge in [-0.3, -0.25) is 4.79 Å². The molecule has 0 unspecified atom stereocenters. The fourth-order valence-corrected chi connectivity index (χ4v) is 1.53. The van der Waals surface area contributed by atoms with Crippen molar-refractivity contribution in [3.05, 3.63) is 29.0 Å². The van der Waals surface area contributed by atoms with Crippen LogP contribution in [0.3, 0.4) is 0 Å². The van der Waals surface area contributed by atoms with Crippen molar-refractivity contribution in [2.45, 2.75) is 0 Å². The molecule has 0 atom stereocenters. The molecular weight excluding hydrogens is 204 g/mol. The van der Waals surface area contributed by atoms with E-state index in [1.807, 2.05) is 0 Å². The number of carbonyl (C=O) groups is 1. The fourth-order valence-electron chi connectivity index (χ4n) is 1.35. The van der Waals surface area contributed by atoms with Gasteiger partial charge in [0.15, 0.2) is 12.0 Å². The molecule has 0 aliphatic carbocycles. The number of furan rings is 1.